The number of hydrogen-bond donors (Lipinski definition) is 0. The van der Waals surface area contributed by atoms with E-state index in [4.69, 9.17) is 0 Å². The number of fused-ring (bicyclic) bond motifs is 2. The maximum atomic E-state index is 13.4. The Balaban J connectivity index is 1.12. The fourth-order valence-electron chi connectivity index (χ4n) is 5.25. The van der Waals surface area contributed by atoms with Gasteiger partial charge in [-0.05, 0) is 55.6 Å². The van der Waals surface area contributed by atoms with Crippen molar-refractivity contribution in [2.45, 2.75) is 44.7 Å². The normalized spacial score (nSPS) is 21.0. The van der Waals surface area contributed by atoms with Gasteiger partial charge in [0.15, 0.2) is 0 Å². The summed E-state index contributed by atoms with van der Waals surface area (Å²) < 4.78 is 0.975. The molecule has 8 nitrogen and oxygen atoms in total. The zero-order chi connectivity index (χ0) is 23.5. The summed E-state index contributed by atoms with van der Waals surface area (Å²) in [5.41, 5.74) is 2.00. The molecular formula is C25H31BrN6O2. The highest BCUT2D eigenvalue weighted by Gasteiger charge is 2.41. The van der Waals surface area contributed by atoms with Crippen LogP contribution in [0.5, 0.6) is 0 Å². The molecule has 1 aromatic carbocycles. The molecule has 1 atom stereocenters. The summed E-state index contributed by atoms with van der Waals surface area (Å²) in [7, 11) is 0. The molecular weight excluding hydrogens is 496 g/mol. The van der Waals surface area contributed by atoms with Gasteiger partial charge in [-0.2, -0.15) is 0 Å². The van der Waals surface area contributed by atoms with Crippen molar-refractivity contribution in [3.8, 4) is 0 Å². The van der Waals surface area contributed by atoms with E-state index in [2.05, 4.69) is 35.7 Å². The predicted molar refractivity (Wildman–Crippen MR) is 135 cm³/mol. The summed E-state index contributed by atoms with van der Waals surface area (Å²) >= 11 is 3.55. The molecule has 2 amide bonds. The van der Waals surface area contributed by atoms with Crippen molar-refractivity contribution in [2.75, 3.05) is 49.1 Å². The molecule has 3 aliphatic heterocycles. The smallest absolute Gasteiger partial charge is 0.249 e. The molecule has 2 aromatic rings. The first-order chi connectivity index (χ1) is 16.6. The van der Waals surface area contributed by atoms with E-state index in [1.165, 1.54) is 0 Å². The van der Waals surface area contributed by atoms with Crippen LogP contribution in [0.2, 0.25) is 0 Å². The van der Waals surface area contributed by atoms with Crippen LogP contribution in [0.1, 0.15) is 37.7 Å². The molecule has 0 N–H and O–H groups in total. The molecule has 0 bridgehead atoms. The van der Waals surface area contributed by atoms with Crippen LogP contribution >= 0.6 is 15.9 Å². The summed E-state index contributed by atoms with van der Waals surface area (Å²) in [6.07, 6.45) is 7.84. The second-order valence-corrected chi connectivity index (χ2v) is 10.2. The topological polar surface area (TPSA) is 72.9 Å². The number of halogens is 1. The molecule has 0 spiro atoms. The molecule has 180 valence electrons. The SMILES string of the molecule is O=C1[C@@H]2CCC(=O)N2Cc2cc(Br)ccc2N1CCCCCN1CCN(c2ncccn2)CC1. The third kappa shape index (κ3) is 4.95. The number of anilines is 2. The Morgan fingerprint density at radius 1 is 0.971 bits per heavy atom. The van der Waals surface area contributed by atoms with Gasteiger partial charge in [-0.15, -0.1) is 0 Å². The molecule has 0 radical (unpaired) electrons. The Hall–Kier alpha value is -2.52. The lowest BCUT2D eigenvalue weighted by molar-refractivity contribution is -0.134. The molecule has 0 unspecified atom stereocenters. The van der Waals surface area contributed by atoms with Crippen LogP contribution in [-0.2, 0) is 16.1 Å². The largest absolute Gasteiger partial charge is 0.338 e. The van der Waals surface area contributed by atoms with Crippen LogP contribution < -0.4 is 9.80 Å². The molecule has 5 rings (SSSR count). The van der Waals surface area contributed by atoms with Gasteiger partial charge in [0.05, 0.1) is 0 Å². The zero-order valence-electron chi connectivity index (χ0n) is 19.4. The van der Waals surface area contributed by atoms with Crippen LogP contribution in [-0.4, -0.2) is 76.9 Å². The van der Waals surface area contributed by atoms with Crippen LogP contribution in [0.15, 0.2) is 41.1 Å². The first kappa shape index (κ1) is 23.2. The van der Waals surface area contributed by atoms with E-state index in [1.54, 1.807) is 17.3 Å². The summed E-state index contributed by atoms with van der Waals surface area (Å²) in [6.45, 7) is 6.25. The van der Waals surface area contributed by atoms with Crippen LogP contribution in [0.4, 0.5) is 11.6 Å². The van der Waals surface area contributed by atoms with Gasteiger partial charge in [0.1, 0.15) is 6.04 Å². The highest BCUT2D eigenvalue weighted by Crippen LogP contribution is 2.34. The number of carbonyl (C=O) groups is 2. The predicted octanol–water partition coefficient (Wildman–Crippen LogP) is 3.07. The van der Waals surface area contributed by atoms with E-state index in [0.29, 0.717) is 25.9 Å². The first-order valence-electron chi connectivity index (χ1n) is 12.2. The van der Waals surface area contributed by atoms with Crippen molar-refractivity contribution in [1.82, 2.24) is 19.8 Å². The second kappa shape index (κ2) is 10.4. The van der Waals surface area contributed by atoms with Gasteiger partial charge in [0, 0.05) is 68.2 Å². The molecule has 0 saturated carbocycles. The first-order valence-corrected chi connectivity index (χ1v) is 13.0. The van der Waals surface area contributed by atoms with E-state index < -0.39 is 0 Å². The molecule has 2 fully saturated rings. The van der Waals surface area contributed by atoms with Gasteiger partial charge in [-0.1, -0.05) is 22.4 Å². The maximum Gasteiger partial charge on any atom is 0.249 e. The maximum absolute atomic E-state index is 13.4. The van der Waals surface area contributed by atoms with E-state index in [0.717, 1.165) is 73.7 Å². The number of amides is 2. The van der Waals surface area contributed by atoms with E-state index in [9.17, 15) is 9.59 Å². The summed E-state index contributed by atoms with van der Waals surface area (Å²) in [5, 5.41) is 0. The van der Waals surface area contributed by atoms with Crippen LogP contribution in [0.25, 0.3) is 0 Å². The minimum atomic E-state index is -0.316. The highest BCUT2D eigenvalue weighted by atomic mass is 79.9. The van der Waals surface area contributed by atoms with Gasteiger partial charge >= 0.3 is 0 Å². The lowest BCUT2D eigenvalue weighted by Gasteiger charge is -2.34. The number of rotatable bonds is 7. The number of piperazine rings is 1. The quantitative estimate of drug-likeness (QED) is 0.516. The van der Waals surface area contributed by atoms with Gasteiger partial charge in [-0.3, -0.25) is 14.5 Å². The van der Waals surface area contributed by atoms with Crippen molar-refractivity contribution in [1.29, 1.82) is 0 Å². The molecule has 2 saturated heterocycles. The average Bonchev–Trinajstić information content (AvgIpc) is 3.17. The van der Waals surface area contributed by atoms with Gasteiger partial charge in [0.2, 0.25) is 17.8 Å². The second-order valence-electron chi connectivity index (χ2n) is 9.28. The van der Waals surface area contributed by atoms with Crippen molar-refractivity contribution in [3.05, 3.63) is 46.7 Å². The van der Waals surface area contributed by atoms with Gasteiger partial charge in [-0.25, -0.2) is 9.97 Å². The van der Waals surface area contributed by atoms with E-state index in [-0.39, 0.29) is 17.9 Å². The fourth-order valence-corrected chi connectivity index (χ4v) is 5.66. The van der Waals surface area contributed by atoms with Crippen molar-refractivity contribution in [2.24, 2.45) is 0 Å². The molecule has 0 aliphatic carbocycles. The summed E-state index contributed by atoms with van der Waals surface area (Å²) in [5.74, 6) is 0.982. The lowest BCUT2D eigenvalue weighted by atomic mass is 10.1. The Kier molecular flexibility index (Phi) is 7.10. The Labute approximate surface area is 209 Å². The van der Waals surface area contributed by atoms with Crippen LogP contribution in [0, 0.1) is 0 Å². The minimum absolute atomic E-state index is 0.0752. The van der Waals surface area contributed by atoms with Crippen LogP contribution in [0.3, 0.4) is 0 Å². The Bertz CT molecular complexity index is 1030. The number of unbranched alkanes of at least 4 members (excludes halogenated alkanes) is 2. The van der Waals surface area contributed by atoms with Gasteiger partial charge < -0.3 is 14.7 Å². The monoisotopic (exact) mass is 526 g/mol. The van der Waals surface area contributed by atoms with Gasteiger partial charge in [0.25, 0.3) is 0 Å². The Morgan fingerprint density at radius 2 is 1.74 bits per heavy atom. The molecule has 9 heteroatoms. The van der Waals surface area contributed by atoms with Crippen molar-refractivity contribution < 1.29 is 9.59 Å². The number of hydrogen-bond acceptors (Lipinski definition) is 6. The lowest BCUT2D eigenvalue weighted by Crippen LogP contribution is -2.47. The number of nitrogens with zero attached hydrogens (tertiary/aromatic N) is 6. The minimum Gasteiger partial charge on any atom is -0.338 e. The molecule has 34 heavy (non-hydrogen) atoms. The van der Waals surface area contributed by atoms with E-state index >= 15 is 0 Å². The fraction of sp³-hybridized carbons (Fsp3) is 0.520. The Morgan fingerprint density at radius 3 is 2.53 bits per heavy atom. The average molecular weight is 527 g/mol. The van der Waals surface area contributed by atoms with E-state index in [1.807, 2.05) is 29.2 Å². The van der Waals surface area contributed by atoms with Crippen molar-refractivity contribution >= 4 is 39.4 Å². The standard InChI is InChI=1S/C25H31BrN6O2/c26-20-5-6-21-19(17-20)18-32-22(7-8-23(32)33)24(34)31(21)12-3-1-2-11-29-13-15-30(16-14-29)25-27-9-4-10-28-25/h4-6,9-10,17,22H,1-3,7-8,11-16,18H2/t22-/m0/s1. The molecule has 4 heterocycles. The zero-order valence-corrected chi connectivity index (χ0v) is 21.0. The highest BCUT2D eigenvalue weighted by molar-refractivity contribution is 9.10. The number of benzene rings is 1. The third-order valence-electron chi connectivity index (χ3n) is 7.12. The van der Waals surface area contributed by atoms with Crippen molar-refractivity contribution in [3.63, 3.8) is 0 Å². The molecule has 1 aromatic heterocycles. The number of carbonyl (C=O) groups excluding carboxylic acids is 2. The summed E-state index contributed by atoms with van der Waals surface area (Å²) in [6, 6.07) is 7.57. The third-order valence-corrected chi connectivity index (χ3v) is 7.61. The summed E-state index contributed by atoms with van der Waals surface area (Å²) in [4.78, 5) is 42.9. The molecule has 3 aliphatic rings. The number of aromatic nitrogens is 2.